The van der Waals surface area contributed by atoms with Gasteiger partial charge >= 0.3 is 0 Å². The number of benzene rings is 2. The van der Waals surface area contributed by atoms with E-state index in [2.05, 4.69) is 25.5 Å². The number of hydrogen-bond donors (Lipinski definition) is 2. The summed E-state index contributed by atoms with van der Waals surface area (Å²) in [7, 11) is 0. The zero-order valence-electron chi connectivity index (χ0n) is 15.5. The van der Waals surface area contributed by atoms with Crippen LogP contribution in [0.15, 0.2) is 54.7 Å². The van der Waals surface area contributed by atoms with E-state index in [1.165, 1.54) is 12.1 Å². The van der Waals surface area contributed by atoms with Crippen LogP contribution in [-0.4, -0.2) is 27.0 Å². The van der Waals surface area contributed by atoms with Crippen molar-refractivity contribution in [1.29, 1.82) is 0 Å². The average Bonchev–Trinajstić information content (AvgIpc) is 3.44. The van der Waals surface area contributed by atoms with Gasteiger partial charge in [0, 0.05) is 18.3 Å². The van der Waals surface area contributed by atoms with Crippen LogP contribution in [0.4, 0.5) is 10.2 Å². The van der Waals surface area contributed by atoms with Crippen LogP contribution in [0.1, 0.15) is 5.56 Å². The molecule has 0 atom stereocenters. The first-order valence-corrected chi connectivity index (χ1v) is 9.51. The van der Waals surface area contributed by atoms with E-state index in [0.717, 1.165) is 22.6 Å². The first-order chi connectivity index (χ1) is 14.7. The highest BCUT2D eigenvalue weighted by Gasteiger charge is 2.15. The van der Waals surface area contributed by atoms with Crippen molar-refractivity contribution in [3.05, 3.63) is 71.1 Å². The maximum Gasteiger partial charge on any atom is 0.231 e. The molecule has 2 aromatic heterocycles. The van der Waals surface area contributed by atoms with Gasteiger partial charge in [0.15, 0.2) is 23.1 Å². The van der Waals surface area contributed by atoms with E-state index < -0.39 is 5.82 Å². The molecule has 0 fully saturated rings. The van der Waals surface area contributed by atoms with Gasteiger partial charge in [0.1, 0.15) is 11.6 Å². The second kappa shape index (κ2) is 7.64. The minimum atomic E-state index is -0.488. The molecule has 9 heteroatoms. The third kappa shape index (κ3) is 3.53. The number of hydrogen-bond acceptors (Lipinski definition) is 6. The molecule has 4 aromatic rings. The van der Waals surface area contributed by atoms with E-state index in [0.29, 0.717) is 29.6 Å². The zero-order chi connectivity index (χ0) is 20.5. The first kappa shape index (κ1) is 18.4. The summed E-state index contributed by atoms with van der Waals surface area (Å²) in [6.45, 7) is 0.777. The van der Waals surface area contributed by atoms with Crippen molar-refractivity contribution in [1.82, 2.24) is 20.2 Å². The number of H-pyrrole nitrogens is 1. The van der Waals surface area contributed by atoms with Crippen molar-refractivity contribution >= 4 is 17.4 Å². The summed E-state index contributed by atoms with van der Waals surface area (Å²) in [5.74, 6) is 2.58. The Bertz CT molecular complexity index is 1230. The highest BCUT2D eigenvalue weighted by molar-refractivity contribution is 6.31. The van der Waals surface area contributed by atoms with E-state index in [-0.39, 0.29) is 11.8 Å². The van der Waals surface area contributed by atoms with Gasteiger partial charge in [-0.15, -0.1) is 0 Å². The van der Waals surface area contributed by atoms with Crippen LogP contribution < -0.4 is 14.8 Å². The Kier molecular flexibility index (Phi) is 4.68. The van der Waals surface area contributed by atoms with E-state index in [9.17, 15) is 4.39 Å². The van der Waals surface area contributed by atoms with Crippen molar-refractivity contribution < 1.29 is 13.9 Å². The summed E-state index contributed by atoms with van der Waals surface area (Å²) < 4.78 is 24.2. The number of aromatic amines is 1. The molecule has 0 amide bonds. The Labute approximate surface area is 175 Å². The number of rotatable bonds is 5. The Hall–Kier alpha value is -3.65. The van der Waals surface area contributed by atoms with Crippen molar-refractivity contribution in [3.8, 4) is 34.3 Å². The van der Waals surface area contributed by atoms with E-state index in [4.69, 9.17) is 21.1 Å². The van der Waals surface area contributed by atoms with Gasteiger partial charge < -0.3 is 14.8 Å². The van der Waals surface area contributed by atoms with Crippen LogP contribution in [-0.2, 0) is 6.54 Å². The summed E-state index contributed by atoms with van der Waals surface area (Å²) in [4.78, 5) is 8.94. The molecule has 7 nitrogen and oxygen atoms in total. The SMILES string of the molecule is Fc1ccc(-c2n[nH]c(-c3cccnc3NCc3ccc4c(c3)OCO4)n2)cc1Cl. The molecule has 0 spiro atoms. The number of pyridine rings is 1. The molecule has 0 radical (unpaired) electrons. The lowest BCUT2D eigenvalue weighted by Crippen LogP contribution is -2.03. The van der Waals surface area contributed by atoms with Crippen LogP contribution in [0.2, 0.25) is 5.02 Å². The number of nitrogens with one attached hydrogen (secondary N) is 2. The summed E-state index contributed by atoms with van der Waals surface area (Å²) in [5.41, 5.74) is 2.39. The lowest BCUT2D eigenvalue weighted by molar-refractivity contribution is 0.174. The van der Waals surface area contributed by atoms with Crippen LogP contribution in [0.25, 0.3) is 22.8 Å². The number of anilines is 1. The highest BCUT2D eigenvalue weighted by Crippen LogP contribution is 2.33. The van der Waals surface area contributed by atoms with Crippen molar-refractivity contribution in [2.75, 3.05) is 12.1 Å². The van der Waals surface area contributed by atoms with E-state index in [1.807, 2.05) is 30.3 Å². The van der Waals surface area contributed by atoms with E-state index >= 15 is 0 Å². The summed E-state index contributed by atoms with van der Waals surface area (Å²) in [6, 6.07) is 13.8. The van der Waals surface area contributed by atoms with Crippen molar-refractivity contribution in [3.63, 3.8) is 0 Å². The molecular formula is C21H15ClFN5O2. The summed E-state index contributed by atoms with van der Waals surface area (Å²) in [5, 5.41) is 10.5. The van der Waals surface area contributed by atoms with E-state index in [1.54, 1.807) is 12.3 Å². The highest BCUT2D eigenvalue weighted by atomic mass is 35.5. The molecule has 0 aliphatic carbocycles. The average molecular weight is 424 g/mol. The second-order valence-corrected chi connectivity index (χ2v) is 6.98. The molecule has 3 heterocycles. The largest absolute Gasteiger partial charge is 0.454 e. The van der Waals surface area contributed by atoms with Crippen LogP contribution in [0, 0.1) is 5.82 Å². The normalized spacial score (nSPS) is 12.2. The molecule has 0 bridgehead atoms. The predicted octanol–water partition coefficient (Wildman–Crippen LogP) is 4.67. The Morgan fingerprint density at radius 3 is 2.90 bits per heavy atom. The number of fused-ring (bicyclic) bond motifs is 1. The van der Waals surface area contributed by atoms with Gasteiger partial charge in [0.05, 0.1) is 10.6 Å². The third-order valence-corrected chi connectivity index (χ3v) is 4.91. The molecule has 1 aliphatic rings. The monoisotopic (exact) mass is 423 g/mol. The molecule has 2 N–H and O–H groups in total. The summed E-state index contributed by atoms with van der Waals surface area (Å²) in [6.07, 6.45) is 1.70. The van der Waals surface area contributed by atoms with Gasteiger partial charge in [-0.3, -0.25) is 5.10 Å². The lowest BCUT2D eigenvalue weighted by Gasteiger charge is -2.09. The molecule has 0 saturated heterocycles. The maximum absolute atomic E-state index is 13.4. The van der Waals surface area contributed by atoms with Crippen LogP contribution in [0.3, 0.4) is 0 Å². The third-order valence-electron chi connectivity index (χ3n) is 4.62. The second-order valence-electron chi connectivity index (χ2n) is 6.58. The molecular weight excluding hydrogens is 409 g/mol. The quantitative estimate of drug-likeness (QED) is 0.485. The van der Waals surface area contributed by atoms with Gasteiger partial charge in [-0.1, -0.05) is 17.7 Å². The number of ether oxygens (including phenoxy) is 2. The van der Waals surface area contributed by atoms with Crippen molar-refractivity contribution in [2.45, 2.75) is 6.54 Å². The lowest BCUT2D eigenvalue weighted by atomic mass is 10.2. The van der Waals surface area contributed by atoms with Gasteiger partial charge in [-0.25, -0.2) is 14.4 Å². The maximum atomic E-state index is 13.4. The van der Waals surface area contributed by atoms with Gasteiger partial charge in [-0.05, 0) is 48.0 Å². The molecule has 0 unspecified atom stereocenters. The van der Waals surface area contributed by atoms with Crippen LogP contribution in [0.5, 0.6) is 11.5 Å². The molecule has 0 saturated carbocycles. The van der Waals surface area contributed by atoms with Gasteiger partial charge in [0.25, 0.3) is 0 Å². The minimum absolute atomic E-state index is 0.0197. The number of halogens is 2. The topological polar surface area (TPSA) is 85.0 Å². The minimum Gasteiger partial charge on any atom is -0.454 e. The van der Waals surface area contributed by atoms with Crippen LogP contribution >= 0.6 is 11.6 Å². The number of nitrogens with zero attached hydrogens (tertiary/aromatic N) is 3. The predicted molar refractivity (Wildman–Crippen MR) is 110 cm³/mol. The first-order valence-electron chi connectivity index (χ1n) is 9.13. The molecule has 2 aromatic carbocycles. The zero-order valence-corrected chi connectivity index (χ0v) is 16.3. The van der Waals surface area contributed by atoms with Gasteiger partial charge in [-0.2, -0.15) is 5.10 Å². The fourth-order valence-electron chi connectivity index (χ4n) is 3.12. The molecule has 1 aliphatic heterocycles. The number of aromatic nitrogens is 4. The molecule has 150 valence electrons. The van der Waals surface area contributed by atoms with Gasteiger partial charge in [0.2, 0.25) is 6.79 Å². The standard InChI is InChI=1S/C21H15ClFN5O2/c22-15-9-13(4-5-16(15)23)19-26-21(28-27-19)14-2-1-7-24-20(14)25-10-12-3-6-17-18(8-12)30-11-29-17/h1-9H,10-11H2,(H,24,25)(H,26,27,28). The fourth-order valence-corrected chi connectivity index (χ4v) is 3.30. The smallest absolute Gasteiger partial charge is 0.231 e. The Morgan fingerprint density at radius 1 is 1.10 bits per heavy atom. The summed E-state index contributed by atoms with van der Waals surface area (Å²) >= 11 is 5.87. The van der Waals surface area contributed by atoms with Crippen molar-refractivity contribution in [2.24, 2.45) is 0 Å². The molecule has 30 heavy (non-hydrogen) atoms. The Balaban J connectivity index is 1.38. The molecule has 5 rings (SSSR count). The fraction of sp³-hybridized carbons (Fsp3) is 0.0952. The Morgan fingerprint density at radius 2 is 2.00 bits per heavy atom.